The van der Waals surface area contributed by atoms with Crippen LogP contribution < -0.4 is 9.46 Å². The number of hydrogen-bond donors (Lipinski definition) is 3. The first-order valence-electron chi connectivity index (χ1n) is 9.59. The number of benzene rings is 3. The summed E-state index contributed by atoms with van der Waals surface area (Å²) in [7, 11) is -5.52. The molecule has 12 heteroatoms. The molecule has 0 aliphatic carbocycles. The number of hydrogen-bond acceptors (Lipinski definition) is 3. The highest BCUT2D eigenvalue weighted by Crippen LogP contribution is 2.41. The van der Waals surface area contributed by atoms with Gasteiger partial charge in [0.15, 0.2) is 5.75 Å². The van der Waals surface area contributed by atoms with Crippen molar-refractivity contribution < 1.29 is 35.1 Å². The Balaban J connectivity index is 1.64. The van der Waals surface area contributed by atoms with Gasteiger partial charge in [-0.15, -0.1) is 0 Å². The average molecular weight is 483 g/mol. The van der Waals surface area contributed by atoms with Crippen LogP contribution in [0.15, 0.2) is 42.5 Å². The number of rotatable bonds is 5. The first-order chi connectivity index (χ1) is 15.5. The van der Waals surface area contributed by atoms with Gasteiger partial charge in [0.05, 0.1) is 11.0 Å². The minimum atomic E-state index is -5.52. The molecule has 5 aromatic rings. The maximum Gasteiger partial charge on any atom is 0.511 e. The highest BCUT2D eigenvalue weighted by Gasteiger charge is 2.45. The van der Waals surface area contributed by atoms with Crippen molar-refractivity contribution in [3.05, 3.63) is 54.1 Å². The molecule has 0 aliphatic rings. The molecule has 0 amide bonds. The summed E-state index contributed by atoms with van der Waals surface area (Å²) in [6.45, 7) is -1.08. The van der Waals surface area contributed by atoms with E-state index in [1.165, 1.54) is 41.1 Å². The van der Waals surface area contributed by atoms with Crippen molar-refractivity contribution in [1.29, 1.82) is 0 Å². The Kier molecular flexibility index (Phi) is 4.76. The number of H-pyrrole nitrogens is 2. The van der Waals surface area contributed by atoms with E-state index in [1.807, 2.05) is 0 Å². The third kappa shape index (κ3) is 3.55. The summed E-state index contributed by atoms with van der Waals surface area (Å²) in [5, 5.41) is 2.15. The summed E-state index contributed by atoms with van der Waals surface area (Å²) in [5.74, 6) is -0.767. The van der Waals surface area contributed by atoms with E-state index in [9.17, 15) is 30.4 Å². The van der Waals surface area contributed by atoms with Crippen LogP contribution in [0.1, 0.15) is 0 Å². The van der Waals surface area contributed by atoms with Gasteiger partial charge in [0.2, 0.25) is 0 Å². The number of aromatic amines is 2. The van der Waals surface area contributed by atoms with E-state index < -0.39 is 40.3 Å². The zero-order chi connectivity index (χ0) is 23.5. The lowest BCUT2D eigenvalue weighted by Gasteiger charge is -2.12. The molecule has 0 saturated carbocycles. The van der Waals surface area contributed by atoms with E-state index in [2.05, 4.69) is 9.97 Å². The predicted molar refractivity (Wildman–Crippen MR) is 114 cm³/mol. The van der Waals surface area contributed by atoms with Crippen molar-refractivity contribution in [2.45, 2.75) is 5.51 Å². The Morgan fingerprint density at radius 2 is 1.33 bits per heavy atom. The summed E-state index contributed by atoms with van der Waals surface area (Å²) in [6.07, 6.45) is 0. The molecular weight excluding hydrogens is 469 g/mol. The topological polar surface area (TPSA) is 87.0 Å². The van der Waals surface area contributed by atoms with Crippen molar-refractivity contribution >= 4 is 53.6 Å². The molecular formula is C21H14F5N3O3S. The fourth-order valence-corrected chi connectivity index (χ4v) is 4.37. The van der Waals surface area contributed by atoms with E-state index >= 15 is 0 Å². The second-order valence-corrected chi connectivity index (χ2v) is 9.13. The molecule has 0 bridgehead atoms. The molecule has 172 valence electrons. The van der Waals surface area contributed by atoms with Crippen LogP contribution in [0.5, 0.6) is 5.75 Å². The first-order valence-corrected chi connectivity index (χ1v) is 11.1. The van der Waals surface area contributed by atoms with Crippen LogP contribution in [0.2, 0.25) is 0 Å². The number of sulfonamides is 1. The van der Waals surface area contributed by atoms with Crippen LogP contribution in [0, 0.1) is 11.6 Å². The van der Waals surface area contributed by atoms with E-state index in [1.54, 1.807) is 6.07 Å². The van der Waals surface area contributed by atoms with Gasteiger partial charge in [0.1, 0.15) is 18.2 Å². The Hall–Kier alpha value is -3.38. The van der Waals surface area contributed by atoms with Gasteiger partial charge in [-0.2, -0.15) is 13.2 Å². The predicted octanol–water partition coefficient (Wildman–Crippen LogP) is 5.05. The minimum Gasteiger partial charge on any atom is -0.488 e. The summed E-state index contributed by atoms with van der Waals surface area (Å²) in [6, 6.07) is 9.95. The van der Waals surface area contributed by atoms with Gasteiger partial charge in [0.25, 0.3) is 0 Å². The lowest BCUT2D eigenvalue weighted by Crippen LogP contribution is -2.38. The fourth-order valence-electron chi connectivity index (χ4n) is 3.85. The highest BCUT2D eigenvalue weighted by atomic mass is 32.2. The molecule has 0 radical (unpaired) electrons. The maximum absolute atomic E-state index is 13.9. The maximum atomic E-state index is 13.9. The second kappa shape index (κ2) is 7.32. The first kappa shape index (κ1) is 21.5. The molecule has 33 heavy (non-hydrogen) atoms. The summed E-state index contributed by atoms with van der Waals surface area (Å²) >= 11 is 0. The SMILES string of the molecule is O=S(=O)(NCCOc1c2[nH]c3ccc(F)cc3c2cc2c1[nH]c1ccc(F)cc12)C(F)(F)F. The Morgan fingerprint density at radius 1 is 0.818 bits per heavy atom. The van der Waals surface area contributed by atoms with Crippen molar-refractivity contribution in [2.75, 3.05) is 13.2 Å². The molecule has 0 unspecified atom stereocenters. The summed E-state index contributed by atoms with van der Waals surface area (Å²) in [4.78, 5) is 6.20. The Labute approximate surface area is 182 Å². The van der Waals surface area contributed by atoms with Crippen LogP contribution in [-0.2, 0) is 10.0 Å². The van der Waals surface area contributed by atoms with Gasteiger partial charge < -0.3 is 14.7 Å². The average Bonchev–Trinajstić information content (AvgIpc) is 3.27. The third-order valence-corrected chi connectivity index (χ3v) is 6.48. The molecule has 0 aliphatic heterocycles. The number of nitrogens with one attached hydrogen (secondary N) is 3. The number of halogens is 5. The lowest BCUT2D eigenvalue weighted by atomic mass is 10.1. The van der Waals surface area contributed by atoms with Gasteiger partial charge in [-0.1, -0.05) is 0 Å². The monoisotopic (exact) mass is 483 g/mol. The third-order valence-electron chi connectivity index (χ3n) is 5.29. The molecule has 0 atom stereocenters. The number of alkyl halides is 3. The van der Waals surface area contributed by atoms with Crippen LogP contribution in [0.3, 0.4) is 0 Å². The molecule has 5 rings (SSSR count). The number of aromatic nitrogens is 2. The molecule has 2 heterocycles. The van der Waals surface area contributed by atoms with Crippen LogP contribution in [0.4, 0.5) is 22.0 Å². The minimum absolute atomic E-state index is 0.182. The van der Waals surface area contributed by atoms with Gasteiger partial charge in [-0.3, -0.25) is 0 Å². The quantitative estimate of drug-likeness (QED) is 0.242. The van der Waals surface area contributed by atoms with E-state index in [-0.39, 0.29) is 5.75 Å². The molecule has 3 N–H and O–H groups in total. The van der Waals surface area contributed by atoms with Gasteiger partial charge >= 0.3 is 15.5 Å². The molecule has 0 spiro atoms. The van der Waals surface area contributed by atoms with Crippen molar-refractivity contribution in [3.8, 4) is 5.75 Å². The summed E-state index contributed by atoms with van der Waals surface area (Å²) in [5.41, 5.74) is -3.43. The van der Waals surface area contributed by atoms with Crippen molar-refractivity contribution in [1.82, 2.24) is 14.7 Å². The van der Waals surface area contributed by atoms with Crippen molar-refractivity contribution in [3.63, 3.8) is 0 Å². The van der Waals surface area contributed by atoms with Crippen LogP contribution >= 0.6 is 0 Å². The largest absolute Gasteiger partial charge is 0.511 e. The normalized spacial score (nSPS) is 13.0. The molecule has 3 aromatic carbocycles. The molecule has 6 nitrogen and oxygen atoms in total. The zero-order valence-electron chi connectivity index (χ0n) is 16.5. The van der Waals surface area contributed by atoms with Crippen molar-refractivity contribution in [2.24, 2.45) is 0 Å². The summed E-state index contributed by atoms with van der Waals surface area (Å²) < 4.78 is 95.0. The van der Waals surface area contributed by atoms with Gasteiger partial charge in [-0.25, -0.2) is 21.9 Å². The van der Waals surface area contributed by atoms with E-state index in [0.717, 1.165) is 0 Å². The van der Waals surface area contributed by atoms with Crippen LogP contribution in [-0.4, -0.2) is 37.0 Å². The zero-order valence-corrected chi connectivity index (χ0v) is 17.3. The van der Waals surface area contributed by atoms with Gasteiger partial charge in [-0.05, 0) is 42.5 Å². The van der Waals surface area contributed by atoms with Crippen LogP contribution in [0.25, 0.3) is 43.6 Å². The highest BCUT2D eigenvalue weighted by molar-refractivity contribution is 7.90. The van der Waals surface area contributed by atoms with Gasteiger partial charge in [0, 0.05) is 39.1 Å². The Morgan fingerprint density at radius 3 is 1.82 bits per heavy atom. The standard InChI is InChI=1S/C21H14F5N3O3S/c22-10-1-3-16-12(7-10)14-9-15-13-8-11(23)2-4-17(13)29-19(15)20(18(14)28-16)32-6-5-27-33(30,31)21(24,25)26/h1-4,7-9,27-29H,5-6H2. The molecule has 2 aromatic heterocycles. The molecule has 0 fully saturated rings. The Bertz CT molecular complexity index is 1560. The number of ether oxygens (including phenoxy) is 1. The fraction of sp³-hybridized carbons (Fsp3) is 0.143. The number of fused-ring (bicyclic) bond motifs is 6. The smallest absolute Gasteiger partial charge is 0.488 e. The molecule has 0 saturated heterocycles. The van der Waals surface area contributed by atoms with E-state index in [0.29, 0.717) is 43.6 Å². The second-order valence-electron chi connectivity index (χ2n) is 7.37. The lowest BCUT2D eigenvalue weighted by molar-refractivity contribution is -0.0448. The van der Waals surface area contributed by atoms with E-state index in [4.69, 9.17) is 4.74 Å².